The molecular weight excluding hydrogens is 222 g/mol. The highest BCUT2D eigenvalue weighted by molar-refractivity contribution is 8.32. The van der Waals surface area contributed by atoms with Crippen LogP contribution in [-0.2, 0) is 9.47 Å². The zero-order chi connectivity index (χ0) is 11.0. The van der Waals surface area contributed by atoms with Crippen LogP contribution in [0.15, 0.2) is 0 Å². The average Bonchev–Trinajstić information content (AvgIpc) is 2.02. The number of rotatable bonds is 4. The van der Waals surface area contributed by atoms with Crippen molar-refractivity contribution in [2.24, 2.45) is 0 Å². The molecule has 0 bridgehead atoms. The lowest BCUT2D eigenvalue weighted by atomic mass is 10.5. The number of methoxy groups -OCH3 is 1. The van der Waals surface area contributed by atoms with Gasteiger partial charge in [0.05, 0.1) is 12.7 Å². The van der Waals surface area contributed by atoms with Gasteiger partial charge in [-0.3, -0.25) is 0 Å². The van der Waals surface area contributed by atoms with Gasteiger partial charge in [0, 0.05) is 25.4 Å². The van der Waals surface area contributed by atoms with Crippen LogP contribution < -0.4 is 5.32 Å². The van der Waals surface area contributed by atoms with Gasteiger partial charge >= 0.3 is 5.30 Å². The number of nitrogens with one attached hydrogen (secondary N) is 1. The molecule has 0 aromatic carbocycles. The Morgan fingerprint density at radius 1 is 1.57 bits per heavy atom. The first kappa shape index (κ1) is 13.7. The Morgan fingerprint density at radius 2 is 2.21 bits per heavy atom. The van der Waals surface area contributed by atoms with E-state index < -0.39 is 0 Å². The topological polar surface area (TPSA) is 47.6 Å². The monoisotopic (exact) mass is 237 g/mol. The van der Waals surface area contributed by atoms with Gasteiger partial charge in [-0.15, -0.1) is 0 Å². The smallest absolute Gasteiger partial charge is 0.374 e. The lowest BCUT2D eigenvalue weighted by Gasteiger charge is -2.08. The molecule has 4 nitrogen and oxygen atoms in total. The number of carbonyl (C=O) groups excluding carboxylic acids is 1. The summed E-state index contributed by atoms with van der Waals surface area (Å²) >= 11 is 5.77. The highest BCUT2D eigenvalue weighted by Gasteiger charge is 2.09. The molecule has 82 valence electrons. The van der Waals surface area contributed by atoms with Gasteiger partial charge in [0.25, 0.3) is 0 Å². The number of ether oxygens (including phenoxy) is 2. The van der Waals surface area contributed by atoms with Crippen LogP contribution in [0.2, 0.25) is 0 Å². The summed E-state index contributed by atoms with van der Waals surface area (Å²) in [5, 5.41) is 2.48. The van der Waals surface area contributed by atoms with Crippen molar-refractivity contribution < 1.29 is 14.3 Å². The molecule has 0 atom stereocenters. The average molecular weight is 237 g/mol. The molecule has 0 aliphatic carbocycles. The van der Waals surface area contributed by atoms with Gasteiger partial charge in [-0.25, -0.2) is 4.79 Å². The third-order valence-electron chi connectivity index (χ3n) is 1.08. The van der Waals surface area contributed by atoms with E-state index >= 15 is 0 Å². The quantitative estimate of drug-likeness (QED) is 0.457. The normalized spacial score (nSPS) is 10.0. The van der Waals surface area contributed by atoms with E-state index in [1.165, 1.54) is 0 Å². The second-order valence-electron chi connectivity index (χ2n) is 2.73. The molecule has 0 heterocycles. The van der Waals surface area contributed by atoms with E-state index in [1.54, 1.807) is 21.0 Å². The fourth-order valence-corrected chi connectivity index (χ4v) is 1.46. The summed E-state index contributed by atoms with van der Waals surface area (Å²) in [5.41, 5.74) is 0. The van der Waals surface area contributed by atoms with Gasteiger partial charge in [0.15, 0.2) is 0 Å². The summed E-state index contributed by atoms with van der Waals surface area (Å²) in [6.07, 6.45) is -0.114. The van der Waals surface area contributed by atoms with Crippen LogP contribution in [0.3, 0.4) is 0 Å². The lowest BCUT2D eigenvalue weighted by Crippen LogP contribution is -2.24. The van der Waals surface area contributed by atoms with E-state index in [4.69, 9.17) is 21.7 Å². The van der Waals surface area contributed by atoms with Crippen LogP contribution in [0.5, 0.6) is 0 Å². The Morgan fingerprint density at radius 3 is 2.71 bits per heavy atom. The maximum absolute atomic E-state index is 11.1. The zero-order valence-electron chi connectivity index (χ0n) is 8.53. The predicted molar refractivity (Wildman–Crippen MR) is 61.7 cm³/mol. The first-order chi connectivity index (χ1) is 6.56. The number of thioether (sulfide) groups is 1. The Hall–Kier alpha value is -0.330. The van der Waals surface area contributed by atoms with Gasteiger partial charge in [0.2, 0.25) is 0 Å². The largest absolute Gasteiger partial charge is 0.455 e. The maximum atomic E-state index is 11.1. The molecule has 0 amide bonds. The van der Waals surface area contributed by atoms with Crippen LogP contribution in [0.1, 0.15) is 13.8 Å². The molecule has 0 spiro atoms. The minimum Gasteiger partial charge on any atom is -0.455 e. The first-order valence-corrected chi connectivity index (χ1v) is 5.44. The molecule has 0 aliphatic heterocycles. The van der Waals surface area contributed by atoms with Crippen molar-refractivity contribution >= 4 is 33.6 Å². The third-order valence-corrected chi connectivity index (χ3v) is 2.07. The summed E-state index contributed by atoms with van der Waals surface area (Å²) in [7, 11) is 1.60. The Balaban J connectivity index is 3.56. The van der Waals surface area contributed by atoms with Crippen molar-refractivity contribution in [1.29, 1.82) is 0 Å². The molecule has 0 aliphatic rings. The van der Waals surface area contributed by atoms with Crippen molar-refractivity contribution in [2.45, 2.75) is 20.0 Å². The number of hydrogen-bond donors (Lipinski definition) is 1. The molecule has 0 aromatic rings. The van der Waals surface area contributed by atoms with Crippen molar-refractivity contribution in [3.05, 3.63) is 0 Å². The van der Waals surface area contributed by atoms with Crippen molar-refractivity contribution in [3.8, 4) is 0 Å². The van der Waals surface area contributed by atoms with E-state index in [-0.39, 0.29) is 11.4 Å². The second-order valence-corrected chi connectivity index (χ2v) is 4.34. The molecule has 1 N–H and O–H groups in total. The molecule has 0 fully saturated rings. The second kappa shape index (κ2) is 8.02. The molecule has 0 radical (unpaired) electrons. The van der Waals surface area contributed by atoms with E-state index in [0.717, 1.165) is 11.8 Å². The standard InChI is InChI=1S/C8H15NO3S2/c1-6(2)12-8(10)14-7(13)9-4-5-11-3/h6H,4-5H2,1-3H3,(H,9,13). The maximum Gasteiger partial charge on any atom is 0.374 e. The minimum absolute atomic E-state index is 0.114. The van der Waals surface area contributed by atoms with Crippen LogP contribution in [0.4, 0.5) is 4.79 Å². The van der Waals surface area contributed by atoms with E-state index in [0.29, 0.717) is 17.5 Å². The molecular formula is C8H15NO3S2. The minimum atomic E-state index is -0.380. The van der Waals surface area contributed by atoms with Crippen LogP contribution in [-0.4, -0.2) is 36.0 Å². The molecule has 0 unspecified atom stereocenters. The zero-order valence-corrected chi connectivity index (χ0v) is 10.2. The van der Waals surface area contributed by atoms with Crippen molar-refractivity contribution in [2.75, 3.05) is 20.3 Å². The Kier molecular flexibility index (Phi) is 7.83. The van der Waals surface area contributed by atoms with Crippen LogP contribution >= 0.6 is 24.0 Å². The van der Waals surface area contributed by atoms with Gasteiger partial charge in [-0.1, -0.05) is 12.2 Å². The summed E-state index contributed by atoms with van der Waals surface area (Å²) in [5.74, 6) is 0. The summed E-state index contributed by atoms with van der Waals surface area (Å²) < 4.78 is 10.1. The van der Waals surface area contributed by atoms with Crippen LogP contribution in [0, 0.1) is 0 Å². The lowest BCUT2D eigenvalue weighted by molar-refractivity contribution is 0.143. The van der Waals surface area contributed by atoms with Gasteiger partial charge in [-0.2, -0.15) is 0 Å². The fraction of sp³-hybridized carbons (Fsp3) is 0.750. The SMILES string of the molecule is COCCNC(=S)SC(=O)OC(C)C. The summed E-state index contributed by atoms with van der Waals surface area (Å²) in [6.45, 7) is 4.73. The highest BCUT2D eigenvalue weighted by atomic mass is 32.2. The predicted octanol–water partition coefficient (Wildman–Crippen LogP) is 1.79. The molecule has 0 saturated carbocycles. The summed E-state index contributed by atoms with van der Waals surface area (Å²) in [4.78, 5) is 11.1. The molecule has 0 saturated heterocycles. The molecule has 14 heavy (non-hydrogen) atoms. The van der Waals surface area contributed by atoms with Crippen molar-refractivity contribution in [3.63, 3.8) is 0 Å². The summed E-state index contributed by atoms with van der Waals surface area (Å²) in [6, 6.07) is 0. The third kappa shape index (κ3) is 8.28. The van der Waals surface area contributed by atoms with E-state index in [9.17, 15) is 4.79 Å². The molecule has 0 rings (SSSR count). The van der Waals surface area contributed by atoms with Crippen molar-refractivity contribution in [1.82, 2.24) is 5.32 Å². The first-order valence-electron chi connectivity index (χ1n) is 4.21. The fourth-order valence-electron chi connectivity index (χ4n) is 0.583. The van der Waals surface area contributed by atoms with E-state index in [2.05, 4.69) is 5.32 Å². The number of thiocarbonyl (C=S) groups is 1. The van der Waals surface area contributed by atoms with E-state index in [1.807, 2.05) is 0 Å². The highest BCUT2D eigenvalue weighted by Crippen LogP contribution is 2.08. The van der Waals surface area contributed by atoms with Gasteiger partial charge in [0.1, 0.15) is 4.32 Å². The van der Waals surface area contributed by atoms with Gasteiger partial charge < -0.3 is 14.8 Å². The van der Waals surface area contributed by atoms with Crippen LogP contribution in [0.25, 0.3) is 0 Å². The number of hydrogen-bond acceptors (Lipinski definition) is 5. The molecule has 6 heteroatoms. The Labute approximate surface area is 93.7 Å². The van der Waals surface area contributed by atoms with Gasteiger partial charge in [-0.05, 0) is 13.8 Å². The number of carbonyl (C=O) groups is 1. The molecule has 0 aromatic heterocycles. The Bertz CT molecular complexity index is 197.